The van der Waals surface area contributed by atoms with Crippen LogP contribution < -0.4 is 5.32 Å². The molecule has 1 aromatic heterocycles. The number of anilines is 1. The van der Waals surface area contributed by atoms with E-state index in [2.05, 4.69) is 28.5 Å². The van der Waals surface area contributed by atoms with Gasteiger partial charge < -0.3 is 20.1 Å². The zero-order chi connectivity index (χ0) is 26.1. The van der Waals surface area contributed by atoms with E-state index in [4.69, 9.17) is 4.74 Å². The van der Waals surface area contributed by atoms with Crippen LogP contribution in [0, 0.1) is 5.92 Å². The normalized spacial score (nSPS) is 25.1. The number of ether oxygens (including phenoxy) is 1. The van der Waals surface area contributed by atoms with Crippen LogP contribution in [-0.2, 0) is 33.8 Å². The number of hydrogen-bond donors (Lipinski definition) is 2. The molecular weight excluding hydrogens is 492 g/mol. The monoisotopic (exact) mass is 524 g/mol. The van der Waals surface area contributed by atoms with Crippen molar-refractivity contribution in [2.24, 2.45) is 5.92 Å². The fourth-order valence-electron chi connectivity index (χ4n) is 5.24. The lowest BCUT2D eigenvalue weighted by atomic mass is 10.0. The molecule has 2 N–H and O–H groups in total. The van der Waals surface area contributed by atoms with Gasteiger partial charge in [-0.15, -0.1) is 11.3 Å². The van der Waals surface area contributed by atoms with Gasteiger partial charge in [0.25, 0.3) is 0 Å². The third-order valence-electron chi connectivity index (χ3n) is 7.24. The first kappa shape index (κ1) is 25.3. The maximum atomic E-state index is 13.6. The molecule has 196 valence electrons. The van der Waals surface area contributed by atoms with Gasteiger partial charge in [-0.05, 0) is 41.9 Å². The Bertz CT molecular complexity index is 1230. The van der Waals surface area contributed by atoms with E-state index in [1.54, 1.807) is 4.90 Å². The number of rotatable bonds is 2. The number of benzene rings is 1. The number of nitrogens with zero attached hydrogens (tertiary/aromatic N) is 3. The first-order chi connectivity index (χ1) is 17.8. The summed E-state index contributed by atoms with van der Waals surface area (Å²) in [6.07, 6.45) is 5.82. The molecule has 9 nitrogen and oxygen atoms in total. The van der Waals surface area contributed by atoms with E-state index >= 15 is 0 Å². The second kappa shape index (κ2) is 10.5. The van der Waals surface area contributed by atoms with Crippen molar-refractivity contribution in [1.29, 1.82) is 0 Å². The number of carboxylic acid groups (broad SMARTS) is 1. The molecule has 1 saturated heterocycles. The summed E-state index contributed by atoms with van der Waals surface area (Å²) in [5, 5.41) is 15.8. The molecule has 1 fully saturated rings. The number of carbonyl (C=O) groups excluding carboxylic acids is 2. The van der Waals surface area contributed by atoms with Gasteiger partial charge >= 0.3 is 12.1 Å². The zero-order valence-corrected chi connectivity index (χ0v) is 21.9. The third kappa shape index (κ3) is 5.34. The maximum absolute atomic E-state index is 13.6. The van der Waals surface area contributed by atoms with E-state index in [0.29, 0.717) is 18.2 Å². The largest absolute Gasteiger partial charge is 0.480 e. The van der Waals surface area contributed by atoms with E-state index < -0.39 is 30.3 Å². The van der Waals surface area contributed by atoms with Gasteiger partial charge in [-0.2, -0.15) is 0 Å². The van der Waals surface area contributed by atoms with Crippen LogP contribution in [-0.4, -0.2) is 62.6 Å². The number of aromatic nitrogens is 1. The summed E-state index contributed by atoms with van der Waals surface area (Å²) in [6, 6.07) is 4.37. The SMILES string of the molecule is CC(C)[C@@H]1Nc2nc(cs2)CCC/C=C/c2cccc3c2CN(C3)C(=O)O[C@@H]2C[C@@H](C(=O)O)N(C2)C1=O. The number of aliphatic carboxylic acids is 1. The molecule has 5 rings (SSSR count). The predicted octanol–water partition coefficient (Wildman–Crippen LogP) is 4.14. The number of thiazole rings is 1. The Morgan fingerprint density at radius 3 is 2.89 bits per heavy atom. The second-order valence-corrected chi connectivity index (χ2v) is 11.1. The van der Waals surface area contributed by atoms with Crippen molar-refractivity contribution in [3.63, 3.8) is 0 Å². The highest BCUT2D eigenvalue weighted by Gasteiger charge is 2.44. The summed E-state index contributed by atoms with van der Waals surface area (Å²) in [4.78, 5) is 46.4. The Labute approximate surface area is 220 Å². The van der Waals surface area contributed by atoms with Gasteiger partial charge in [-0.25, -0.2) is 14.6 Å². The molecule has 6 bridgehead atoms. The Morgan fingerprint density at radius 1 is 1.27 bits per heavy atom. The number of amides is 2. The molecule has 2 amide bonds. The maximum Gasteiger partial charge on any atom is 0.410 e. The summed E-state index contributed by atoms with van der Waals surface area (Å²) in [7, 11) is 0. The summed E-state index contributed by atoms with van der Waals surface area (Å²) < 4.78 is 5.76. The molecular formula is C27H32N4O5S. The zero-order valence-electron chi connectivity index (χ0n) is 21.1. The number of allylic oxidation sites excluding steroid dienone is 1. The lowest BCUT2D eigenvalue weighted by Gasteiger charge is -2.29. The topological polar surface area (TPSA) is 112 Å². The predicted molar refractivity (Wildman–Crippen MR) is 140 cm³/mol. The summed E-state index contributed by atoms with van der Waals surface area (Å²) in [6.45, 7) is 4.76. The van der Waals surface area contributed by atoms with E-state index in [1.165, 1.54) is 16.2 Å². The molecule has 3 aliphatic rings. The number of hydrogen-bond acceptors (Lipinski definition) is 7. The van der Waals surface area contributed by atoms with Gasteiger partial charge in [-0.3, -0.25) is 9.69 Å². The average Bonchev–Trinajstić information content (AvgIpc) is 3.59. The smallest absolute Gasteiger partial charge is 0.410 e. The van der Waals surface area contributed by atoms with Crippen molar-refractivity contribution in [2.75, 3.05) is 11.9 Å². The Hall–Kier alpha value is -3.40. The quantitative estimate of drug-likeness (QED) is 0.607. The molecule has 2 aromatic rings. The summed E-state index contributed by atoms with van der Waals surface area (Å²) in [5.74, 6) is -1.53. The van der Waals surface area contributed by atoms with Crippen molar-refractivity contribution in [3.8, 4) is 0 Å². The van der Waals surface area contributed by atoms with Gasteiger partial charge in [0.15, 0.2) is 5.13 Å². The number of carbonyl (C=O) groups is 3. The molecule has 3 atom stereocenters. The minimum Gasteiger partial charge on any atom is -0.480 e. The van der Waals surface area contributed by atoms with Crippen LogP contribution in [0.25, 0.3) is 6.08 Å². The molecule has 10 heteroatoms. The van der Waals surface area contributed by atoms with Crippen LogP contribution in [0.3, 0.4) is 0 Å². The Kier molecular flexibility index (Phi) is 7.19. The second-order valence-electron chi connectivity index (χ2n) is 10.2. The van der Waals surface area contributed by atoms with Crippen LogP contribution >= 0.6 is 11.3 Å². The Balaban J connectivity index is 1.44. The van der Waals surface area contributed by atoms with Crippen LogP contribution in [0.1, 0.15) is 55.5 Å². The average molecular weight is 525 g/mol. The first-order valence-corrected chi connectivity index (χ1v) is 13.6. The van der Waals surface area contributed by atoms with Crippen LogP contribution in [0.15, 0.2) is 29.7 Å². The highest BCUT2D eigenvalue weighted by Crippen LogP contribution is 2.30. The fraction of sp³-hybridized carbons (Fsp3) is 0.481. The number of aryl methyl sites for hydroxylation is 1. The van der Waals surface area contributed by atoms with Crippen molar-refractivity contribution >= 4 is 40.5 Å². The van der Waals surface area contributed by atoms with Gasteiger partial charge in [0.2, 0.25) is 5.91 Å². The fourth-order valence-corrected chi connectivity index (χ4v) is 6.02. The number of fused-ring (bicyclic) bond motifs is 5. The molecule has 0 saturated carbocycles. The molecule has 0 spiro atoms. The van der Waals surface area contributed by atoms with E-state index in [0.717, 1.165) is 41.6 Å². The minimum absolute atomic E-state index is 0.0460. The summed E-state index contributed by atoms with van der Waals surface area (Å²) >= 11 is 1.45. The first-order valence-electron chi connectivity index (χ1n) is 12.8. The van der Waals surface area contributed by atoms with Crippen LogP contribution in [0.4, 0.5) is 9.93 Å². The lowest BCUT2D eigenvalue weighted by molar-refractivity contribution is -0.148. The molecule has 37 heavy (non-hydrogen) atoms. The molecule has 3 aliphatic heterocycles. The van der Waals surface area contributed by atoms with E-state index in [9.17, 15) is 19.5 Å². The highest BCUT2D eigenvalue weighted by atomic mass is 32.1. The van der Waals surface area contributed by atoms with Crippen molar-refractivity contribution < 1.29 is 24.2 Å². The van der Waals surface area contributed by atoms with Gasteiger partial charge in [0, 0.05) is 18.3 Å². The van der Waals surface area contributed by atoms with Gasteiger partial charge in [0.05, 0.1) is 18.8 Å². The minimum atomic E-state index is -1.10. The molecule has 0 aliphatic carbocycles. The molecule has 4 heterocycles. The van der Waals surface area contributed by atoms with E-state index in [1.807, 2.05) is 31.4 Å². The number of nitrogens with one attached hydrogen (secondary N) is 1. The van der Waals surface area contributed by atoms with Crippen LogP contribution in [0.2, 0.25) is 0 Å². The van der Waals surface area contributed by atoms with Crippen molar-refractivity contribution in [2.45, 2.75) is 70.8 Å². The van der Waals surface area contributed by atoms with Crippen LogP contribution in [0.5, 0.6) is 0 Å². The highest BCUT2D eigenvalue weighted by molar-refractivity contribution is 7.13. The number of carboxylic acids is 1. The van der Waals surface area contributed by atoms with E-state index in [-0.39, 0.29) is 24.8 Å². The summed E-state index contributed by atoms with van der Waals surface area (Å²) in [5.41, 5.74) is 4.24. The standard InChI is InChI=1S/C27H32N4O5S/c1-16(2)23-24(32)31-13-20(11-22(31)25(33)34)36-27(35)30-12-18-9-6-8-17(21(18)14-30)7-4-3-5-10-19-15-37-26(28-19)29-23/h4,6-9,15-16,20,22-23H,3,5,10-14H2,1-2H3,(H,28,29)(H,33,34)/b7-4+/t20-,22+,23+/m1/s1. The van der Waals surface area contributed by atoms with Gasteiger partial charge in [0.1, 0.15) is 18.2 Å². The molecule has 0 radical (unpaired) electrons. The van der Waals surface area contributed by atoms with Gasteiger partial charge in [-0.1, -0.05) is 44.2 Å². The Morgan fingerprint density at radius 2 is 2.11 bits per heavy atom. The third-order valence-corrected chi connectivity index (χ3v) is 8.06. The lowest BCUT2D eigenvalue weighted by Crippen LogP contribution is -2.50. The van der Waals surface area contributed by atoms with Crippen molar-refractivity contribution in [3.05, 3.63) is 52.0 Å². The van der Waals surface area contributed by atoms with Crippen molar-refractivity contribution in [1.82, 2.24) is 14.8 Å². The molecule has 1 aromatic carbocycles. The molecule has 0 unspecified atom stereocenters.